The maximum absolute atomic E-state index is 14.6. The predicted molar refractivity (Wildman–Crippen MR) is 371 cm³/mol. The second kappa shape index (κ2) is 41.4. The number of hydroxylamine groups is 1. The minimum atomic E-state index is -1.11. The number of carboxylic acid groups (broad SMARTS) is 1. The summed E-state index contributed by atoms with van der Waals surface area (Å²) in [5, 5.41) is 26.2. The number of piperidine rings is 1. The molecule has 11 atom stereocenters. The second-order valence-corrected chi connectivity index (χ2v) is 27.2. The van der Waals surface area contributed by atoms with Gasteiger partial charge in [0.05, 0.1) is 61.2 Å². The monoisotopic (exact) mass is 1370 g/mol. The Hall–Kier alpha value is -8.01. The van der Waals surface area contributed by atoms with Gasteiger partial charge in [-0.3, -0.25) is 57.7 Å². The number of amides is 11. The number of benzene rings is 2. The average molecular weight is 1370 g/mol. The van der Waals surface area contributed by atoms with Crippen LogP contribution >= 0.6 is 0 Å². The summed E-state index contributed by atoms with van der Waals surface area (Å²) in [6.07, 6.45) is 4.92. The summed E-state index contributed by atoms with van der Waals surface area (Å²) in [5.74, 6) is -6.41. The van der Waals surface area contributed by atoms with E-state index in [2.05, 4.69) is 37.4 Å². The molecule has 11 amide bonds. The molecule has 546 valence electrons. The number of nitrogens with one attached hydrogen (secondary N) is 7. The van der Waals surface area contributed by atoms with E-state index in [0.29, 0.717) is 69.4 Å². The number of anilines is 1. The third-order valence-corrected chi connectivity index (χ3v) is 18.5. The number of likely N-dealkylation sites (tertiary alicyclic amines) is 2. The SMILES string of the molecule is CC[C@H](C)[C@@H]([C@@H](CC(=O)N1CCC[C@H]1[C@H](OC)[C@@H](C)C(=O)N[C@H](/C=C/C(=O)NOCc1ccc(NC(=O)[C@@H](CCCNC(N)=O)NC(=O)C(NC(=O)CCCC(=O)N2CCC(C(=O)O)CC2)C(C)C)cc1)Cc1ccccc1)OC)N(C)C(=O)[C@@H](NC(=O)C(C(C)C)N(C)C)C(C)C. The van der Waals surface area contributed by atoms with Gasteiger partial charge in [0.1, 0.15) is 18.1 Å². The summed E-state index contributed by atoms with van der Waals surface area (Å²) in [6, 6.07) is 10.1. The lowest BCUT2D eigenvalue weighted by Crippen LogP contribution is -2.59. The molecule has 0 aromatic heterocycles. The Labute approximate surface area is 578 Å². The lowest BCUT2D eigenvalue weighted by atomic mass is 9.89. The first-order chi connectivity index (χ1) is 46.4. The van der Waals surface area contributed by atoms with E-state index < -0.39 is 108 Å². The number of rotatable bonds is 40. The molecule has 2 heterocycles. The molecule has 4 rings (SSSR count). The van der Waals surface area contributed by atoms with Gasteiger partial charge >= 0.3 is 12.0 Å². The van der Waals surface area contributed by atoms with Gasteiger partial charge in [-0.2, -0.15) is 0 Å². The van der Waals surface area contributed by atoms with Gasteiger partial charge in [-0.1, -0.05) is 117 Å². The van der Waals surface area contributed by atoms with Crippen LogP contribution in [0.2, 0.25) is 0 Å². The molecule has 27 nitrogen and oxygen atoms in total. The van der Waals surface area contributed by atoms with Crippen molar-refractivity contribution < 1.29 is 72.2 Å². The Balaban J connectivity index is 1.37. The van der Waals surface area contributed by atoms with Crippen molar-refractivity contribution in [3.05, 3.63) is 77.9 Å². The van der Waals surface area contributed by atoms with Crippen molar-refractivity contribution in [2.24, 2.45) is 41.2 Å². The number of primary amides is 1. The maximum Gasteiger partial charge on any atom is 0.312 e. The molecule has 2 fully saturated rings. The highest BCUT2D eigenvalue weighted by Gasteiger charge is 2.44. The molecule has 0 spiro atoms. The normalized spacial score (nSPS) is 17.4. The molecule has 2 saturated heterocycles. The lowest BCUT2D eigenvalue weighted by Gasteiger charge is -2.41. The van der Waals surface area contributed by atoms with Crippen molar-refractivity contribution in [2.45, 2.75) is 200 Å². The number of nitrogens with zero attached hydrogens (tertiary/aromatic N) is 4. The zero-order chi connectivity index (χ0) is 72.9. The molecule has 2 unspecified atom stereocenters. The zero-order valence-corrected chi connectivity index (χ0v) is 60.1. The van der Waals surface area contributed by atoms with Gasteiger partial charge < -0.3 is 66.9 Å². The second-order valence-electron chi connectivity index (χ2n) is 27.2. The fourth-order valence-corrected chi connectivity index (χ4v) is 12.9. The predicted octanol–water partition coefficient (Wildman–Crippen LogP) is 4.67. The van der Waals surface area contributed by atoms with Crippen LogP contribution in [0.1, 0.15) is 144 Å². The van der Waals surface area contributed by atoms with Gasteiger partial charge in [-0.25, -0.2) is 10.3 Å². The fourth-order valence-electron chi connectivity index (χ4n) is 12.9. The van der Waals surface area contributed by atoms with Crippen molar-refractivity contribution in [1.29, 1.82) is 0 Å². The molecule has 27 heteroatoms. The molecule has 0 bridgehead atoms. The van der Waals surface area contributed by atoms with Gasteiger partial charge in [0.15, 0.2) is 0 Å². The minimum Gasteiger partial charge on any atom is -0.481 e. The number of carbonyl (C=O) groups excluding carboxylic acids is 10. The standard InChI is InChI=1S/C71H112N12O15/c1-15-46(8)63(81(12)69(92)61(44(4)5)78-68(91)62(45(6)7)80(10)11)55(96-13)41-59(87)83-37-21-25-54(83)64(97-14)47(9)65(88)75-52(40-48-22-17-16-18-23-48)32-33-57(85)79-98-42-49-28-30-51(31-29-49)74-66(89)53(24-20-36-73-71(72)95)76-67(90)60(43(2)3)77-56(84)26-19-27-58(86)82-38-34-50(35-39-82)70(93)94/h16-18,22-23,28-33,43-47,50,52-55,60-64H,15,19-21,24-27,34-42H2,1-14H3,(H,74,89)(H,75,88)(H,76,90)(H,77,84)(H,78,91)(H,79,85)(H,93,94)(H3,72,73,95)/b33-32+/t46-,47+,52+,53+,54-,55+,60?,61-,62?,63-,64+/m0/s1. The van der Waals surface area contributed by atoms with Gasteiger partial charge in [0.2, 0.25) is 47.3 Å². The van der Waals surface area contributed by atoms with Crippen LogP contribution in [-0.4, -0.2) is 206 Å². The summed E-state index contributed by atoms with van der Waals surface area (Å²) in [4.78, 5) is 159. The summed E-state index contributed by atoms with van der Waals surface area (Å²) >= 11 is 0. The molecule has 0 radical (unpaired) electrons. The molecular formula is C71H112N12O15. The highest BCUT2D eigenvalue weighted by Crippen LogP contribution is 2.30. The largest absolute Gasteiger partial charge is 0.481 e. The number of nitrogens with two attached hydrogens (primary N) is 1. The number of aliphatic carboxylic acids is 1. The van der Waals surface area contributed by atoms with Crippen LogP contribution in [0.15, 0.2) is 66.7 Å². The third kappa shape index (κ3) is 26.0. The number of carboxylic acids is 1. The van der Waals surface area contributed by atoms with Crippen molar-refractivity contribution >= 4 is 70.9 Å². The molecule has 0 aliphatic carbocycles. The average Bonchev–Trinajstić information content (AvgIpc) is 1.47. The highest BCUT2D eigenvalue weighted by molar-refractivity contribution is 5.98. The van der Waals surface area contributed by atoms with E-state index in [4.69, 9.17) is 20.0 Å². The van der Waals surface area contributed by atoms with Crippen molar-refractivity contribution in [3.8, 4) is 0 Å². The van der Waals surface area contributed by atoms with Gasteiger partial charge in [-0.15, -0.1) is 0 Å². The Morgan fingerprint density at radius 1 is 0.704 bits per heavy atom. The van der Waals surface area contributed by atoms with E-state index in [1.807, 2.05) is 90.9 Å². The third-order valence-electron chi connectivity index (χ3n) is 18.5. The summed E-state index contributed by atoms with van der Waals surface area (Å²) < 4.78 is 12.2. The molecular weight excluding hydrogens is 1260 g/mol. The van der Waals surface area contributed by atoms with Crippen molar-refractivity contribution in [3.63, 3.8) is 0 Å². The Bertz CT molecular complexity index is 2950. The van der Waals surface area contributed by atoms with Crippen LogP contribution in [0.3, 0.4) is 0 Å². The van der Waals surface area contributed by atoms with Crippen LogP contribution in [0, 0.1) is 35.5 Å². The highest BCUT2D eigenvalue weighted by atomic mass is 16.6. The first kappa shape index (κ1) is 82.4. The Kier molecular flexibility index (Phi) is 34.8. The fraction of sp³-hybridized carbons (Fsp3) is 0.648. The van der Waals surface area contributed by atoms with Crippen molar-refractivity contribution in [1.82, 2.24) is 51.7 Å². The number of hydrogen-bond donors (Lipinski definition) is 9. The lowest BCUT2D eigenvalue weighted by molar-refractivity contribution is -0.148. The number of methoxy groups -OCH3 is 2. The Morgan fingerprint density at radius 3 is 1.93 bits per heavy atom. The van der Waals surface area contributed by atoms with Crippen LogP contribution in [-0.2, 0) is 75.3 Å². The van der Waals surface area contributed by atoms with Gasteiger partial charge in [-0.05, 0) is 112 Å². The van der Waals surface area contributed by atoms with Crippen LogP contribution in [0.25, 0.3) is 0 Å². The number of hydrogen-bond acceptors (Lipinski definition) is 15. The van der Waals surface area contributed by atoms with Gasteiger partial charge in [0, 0.05) is 72.1 Å². The quantitative estimate of drug-likeness (QED) is 0.0249. The topological polar surface area (TPSA) is 359 Å². The van der Waals surface area contributed by atoms with E-state index in [0.717, 1.165) is 5.56 Å². The van der Waals surface area contributed by atoms with Crippen LogP contribution < -0.4 is 43.1 Å². The Morgan fingerprint density at radius 2 is 1.36 bits per heavy atom. The molecule has 2 aliphatic rings. The van der Waals surface area contributed by atoms with E-state index in [1.54, 1.807) is 72.9 Å². The van der Waals surface area contributed by atoms with Crippen molar-refractivity contribution in [2.75, 3.05) is 66.9 Å². The summed E-state index contributed by atoms with van der Waals surface area (Å²) in [7, 11) is 8.42. The molecule has 2 aromatic carbocycles. The van der Waals surface area contributed by atoms with E-state index >= 15 is 0 Å². The zero-order valence-electron chi connectivity index (χ0n) is 60.1. The summed E-state index contributed by atoms with van der Waals surface area (Å²) in [5.41, 5.74) is 9.52. The number of carbonyl (C=O) groups is 11. The van der Waals surface area contributed by atoms with E-state index in [9.17, 15) is 57.8 Å². The molecule has 2 aromatic rings. The van der Waals surface area contributed by atoms with Crippen LogP contribution in [0.5, 0.6) is 0 Å². The minimum absolute atomic E-state index is 0.00330. The molecule has 2 aliphatic heterocycles. The smallest absolute Gasteiger partial charge is 0.312 e. The van der Waals surface area contributed by atoms with E-state index in [1.165, 1.54) is 20.3 Å². The maximum atomic E-state index is 14.6. The van der Waals surface area contributed by atoms with Gasteiger partial charge in [0.25, 0.3) is 5.91 Å². The summed E-state index contributed by atoms with van der Waals surface area (Å²) in [6.45, 7) is 18.1. The van der Waals surface area contributed by atoms with E-state index in [-0.39, 0.29) is 99.0 Å². The number of urea groups is 1. The van der Waals surface area contributed by atoms with Crippen LogP contribution in [0.4, 0.5) is 10.5 Å². The number of likely N-dealkylation sites (N-methyl/N-ethyl adjacent to an activating group) is 2. The molecule has 98 heavy (non-hydrogen) atoms. The molecule has 10 N–H and O–H groups in total. The molecule has 0 saturated carbocycles. The first-order valence-corrected chi connectivity index (χ1v) is 34.5. The number of ether oxygens (including phenoxy) is 2. The first-order valence-electron chi connectivity index (χ1n) is 34.5.